The number of anilines is 1. The lowest BCUT2D eigenvalue weighted by molar-refractivity contribution is -0.135. The SMILES string of the molecule is CCn1c2ccccc2c2cc(NC(C)C(=O)N(C)CC(=O)NC3CC3)ccc21. The van der Waals surface area contributed by atoms with Crippen LogP contribution in [0.25, 0.3) is 21.8 Å². The minimum atomic E-state index is -0.425. The Kier molecular flexibility index (Phi) is 5.18. The van der Waals surface area contributed by atoms with Gasteiger partial charge in [-0.05, 0) is 51.0 Å². The molecule has 1 unspecified atom stereocenters. The summed E-state index contributed by atoms with van der Waals surface area (Å²) in [4.78, 5) is 26.1. The van der Waals surface area contributed by atoms with Crippen molar-refractivity contribution in [2.24, 2.45) is 0 Å². The summed E-state index contributed by atoms with van der Waals surface area (Å²) < 4.78 is 2.30. The highest BCUT2D eigenvalue weighted by atomic mass is 16.2. The van der Waals surface area contributed by atoms with E-state index in [1.807, 2.05) is 13.0 Å². The Morgan fingerprint density at radius 2 is 1.86 bits per heavy atom. The van der Waals surface area contributed by atoms with Gasteiger partial charge in [-0.3, -0.25) is 9.59 Å². The molecule has 0 spiro atoms. The molecule has 6 heteroatoms. The number of nitrogens with zero attached hydrogens (tertiary/aromatic N) is 2. The average molecular weight is 393 g/mol. The van der Waals surface area contributed by atoms with Crippen molar-refractivity contribution in [3.05, 3.63) is 42.5 Å². The van der Waals surface area contributed by atoms with E-state index in [1.165, 1.54) is 26.7 Å². The second-order valence-electron chi connectivity index (χ2n) is 7.90. The highest BCUT2D eigenvalue weighted by molar-refractivity contribution is 6.09. The molecule has 6 nitrogen and oxygen atoms in total. The van der Waals surface area contributed by atoms with Gasteiger partial charge in [-0.25, -0.2) is 0 Å². The Morgan fingerprint density at radius 3 is 2.59 bits per heavy atom. The van der Waals surface area contributed by atoms with Crippen molar-refractivity contribution in [2.75, 3.05) is 18.9 Å². The lowest BCUT2D eigenvalue weighted by Gasteiger charge is -2.22. The van der Waals surface area contributed by atoms with Gasteiger partial charge in [0, 0.05) is 47.1 Å². The van der Waals surface area contributed by atoms with Crippen molar-refractivity contribution >= 4 is 39.3 Å². The molecular weight excluding hydrogens is 364 g/mol. The van der Waals surface area contributed by atoms with Gasteiger partial charge in [0.1, 0.15) is 6.04 Å². The molecule has 2 amide bonds. The van der Waals surface area contributed by atoms with Gasteiger partial charge in [-0.2, -0.15) is 0 Å². The summed E-state index contributed by atoms with van der Waals surface area (Å²) in [6.07, 6.45) is 2.08. The first-order valence-corrected chi connectivity index (χ1v) is 10.3. The number of para-hydroxylation sites is 1. The van der Waals surface area contributed by atoms with Crippen LogP contribution in [0.1, 0.15) is 26.7 Å². The van der Waals surface area contributed by atoms with Crippen LogP contribution in [-0.2, 0) is 16.1 Å². The van der Waals surface area contributed by atoms with Crippen molar-refractivity contribution in [1.82, 2.24) is 14.8 Å². The summed E-state index contributed by atoms with van der Waals surface area (Å²) in [6, 6.07) is 14.5. The van der Waals surface area contributed by atoms with E-state index in [1.54, 1.807) is 7.05 Å². The van der Waals surface area contributed by atoms with E-state index < -0.39 is 6.04 Å². The molecule has 1 heterocycles. The van der Waals surface area contributed by atoms with Crippen LogP contribution in [0.2, 0.25) is 0 Å². The molecule has 1 saturated carbocycles. The fourth-order valence-electron chi connectivity index (χ4n) is 3.92. The monoisotopic (exact) mass is 392 g/mol. The number of carbonyl (C=O) groups is 2. The summed E-state index contributed by atoms with van der Waals surface area (Å²) in [5.74, 6) is -0.198. The maximum Gasteiger partial charge on any atom is 0.244 e. The first-order valence-electron chi connectivity index (χ1n) is 10.3. The zero-order valence-electron chi connectivity index (χ0n) is 17.2. The lowest BCUT2D eigenvalue weighted by atomic mass is 10.1. The minimum Gasteiger partial charge on any atom is -0.374 e. The van der Waals surface area contributed by atoms with E-state index in [4.69, 9.17) is 0 Å². The fraction of sp³-hybridized carbons (Fsp3) is 0.391. The van der Waals surface area contributed by atoms with E-state index >= 15 is 0 Å². The Morgan fingerprint density at radius 1 is 1.14 bits per heavy atom. The molecule has 0 saturated heterocycles. The van der Waals surface area contributed by atoms with Gasteiger partial charge in [0.25, 0.3) is 0 Å². The average Bonchev–Trinajstić information content (AvgIpc) is 3.47. The molecule has 0 aliphatic heterocycles. The molecule has 4 rings (SSSR count). The van der Waals surface area contributed by atoms with Gasteiger partial charge < -0.3 is 20.1 Å². The standard InChI is InChI=1S/C23H28N4O2/c1-4-27-20-8-6-5-7-18(20)19-13-17(11-12-21(19)27)24-15(2)23(29)26(3)14-22(28)25-16-9-10-16/h5-8,11-13,15-16,24H,4,9-10,14H2,1-3H3,(H,25,28). The molecule has 29 heavy (non-hydrogen) atoms. The number of amides is 2. The molecule has 152 valence electrons. The molecule has 2 aromatic carbocycles. The van der Waals surface area contributed by atoms with E-state index in [2.05, 4.69) is 58.5 Å². The Hall–Kier alpha value is -3.02. The van der Waals surface area contributed by atoms with Crippen molar-refractivity contribution in [3.63, 3.8) is 0 Å². The topological polar surface area (TPSA) is 66.4 Å². The number of rotatable bonds is 7. The number of hydrogen-bond acceptors (Lipinski definition) is 3. The number of carbonyl (C=O) groups excluding carboxylic acids is 2. The maximum atomic E-state index is 12.7. The third-order valence-corrected chi connectivity index (χ3v) is 5.54. The largest absolute Gasteiger partial charge is 0.374 e. The molecule has 1 aromatic heterocycles. The highest BCUT2D eigenvalue weighted by Crippen LogP contribution is 2.31. The highest BCUT2D eigenvalue weighted by Gasteiger charge is 2.25. The van der Waals surface area contributed by atoms with Crippen LogP contribution >= 0.6 is 0 Å². The summed E-state index contributed by atoms with van der Waals surface area (Å²) in [5, 5.41) is 8.60. The molecular formula is C23H28N4O2. The van der Waals surface area contributed by atoms with Gasteiger partial charge in [0.2, 0.25) is 11.8 Å². The number of aromatic nitrogens is 1. The number of hydrogen-bond donors (Lipinski definition) is 2. The summed E-state index contributed by atoms with van der Waals surface area (Å²) in [5.41, 5.74) is 3.30. The lowest BCUT2D eigenvalue weighted by Crippen LogP contribution is -2.44. The van der Waals surface area contributed by atoms with Gasteiger partial charge in [0.05, 0.1) is 6.54 Å². The van der Waals surface area contributed by atoms with E-state index in [-0.39, 0.29) is 18.4 Å². The van der Waals surface area contributed by atoms with Crippen molar-refractivity contribution in [3.8, 4) is 0 Å². The second kappa shape index (κ2) is 7.78. The third-order valence-electron chi connectivity index (χ3n) is 5.54. The van der Waals surface area contributed by atoms with Crippen molar-refractivity contribution in [1.29, 1.82) is 0 Å². The Bertz CT molecular complexity index is 1070. The van der Waals surface area contributed by atoms with E-state index in [9.17, 15) is 9.59 Å². The predicted molar refractivity (Wildman–Crippen MR) is 117 cm³/mol. The van der Waals surface area contributed by atoms with E-state index in [0.717, 1.165) is 25.1 Å². The first kappa shape index (κ1) is 19.3. The zero-order chi connectivity index (χ0) is 20.5. The third kappa shape index (κ3) is 3.92. The molecule has 0 radical (unpaired) electrons. The van der Waals surface area contributed by atoms with Crippen LogP contribution in [0.15, 0.2) is 42.5 Å². The van der Waals surface area contributed by atoms with Crippen molar-refractivity contribution < 1.29 is 9.59 Å². The van der Waals surface area contributed by atoms with E-state index in [0.29, 0.717) is 6.04 Å². The van der Waals surface area contributed by atoms with Crippen LogP contribution in [0.4, 0.5) is 5.69 Å². The molecule has 0 bridgehead atoms. The van der Waals surface area contributed by atoms with Crippen LogP contribution < -0.4 is 10.6 Å². The molecule has 1 aliphatic rings. The second-order valence-corrected chi connectivity index (χ2v) is 7.90. The maximum absolute atomic E-state index is 12.7. The molecule has 1 aliphatic carbocycles. The van der Waals surface area contributed by atoms with Gasteiger partial charge in [0.15, 0.2) is 0 Å². The number of nitrogens with one attached hydrogen (secondary N) is 2. The Balaban J connectivity index is 1.50. The normalized spacial score (nSPS) is 14.7. The fourth-order valence-corrected chi connectivity index (χ4v) is 3.92. The molecule has 3 aromatic rings. The predicted octanol–water partition coefficient (Wildman–Crippen LogP) is 3.35. The van der Waals surface area contributed by atoms with Gasteiger partial charge in [-0.15, -0.1) is 0 Å². The number of fused-ring (bicyclic) bond motifs is 3. The minimum absolute atomic E-state index is 0.0877. The smallest absolute Gasteiger partial charge is 0.244 e. The quantitative estimate of drug-likeness (QED) is 0.648. The molecule has 1 atom stereocenters. The van der Waals surface area contributed by atoms with Crippen LogP contribution in [0.5, 0.6) is 0 Å². The summed E-state index contributed by atoms with van der Waals surface area (Å²) in [7, 11) is 1.67. The van der Waals surface area contributed by atoms with Crippen molar-refractivity contribution in [2.45, 2.75) is 45.3 Å². The van der Waals surface area contributed by atoms with Crippen LogP contribution in [-0.4, -0.2) is 47.0 Å². The Labute approximate surface area is 170 Å². The van der Waals surface area contributed by atoms with Gasteiger partial charge in [-0.1, -0.05) is 18.2 Å². The number of benzene rings is 2. The number of likely N-dealkylation sites (N-methyl/N-ethyl adjacent to an activating group) is 1. The molecule has 1 fully saturated rings. The summed E-state index contributed by atoms with van der Waals surface area (Å²) in [6.45, 7) is 4.97. The first-order chi connectivity index (χ1) is 14.0. The van der Waals surface area contributed by atoms with Crippen LogP contribution in [0.3, 0.4) is 0 Å². The summed E-state index contributed by atoms with van der Waals surface area (Å²) >= 11 is 0. The van der Waals surface area contributed by atoms with Crippen LogP contribution in [0, 0.1) is 0 Å². The van der Waals surface area contributed by atoms with Gasteiger partial charge >= 0.3 is 0 Å². The molecule has 2 N–H and O–H groups in total. The number of aryl methyl sites for hydroxylation is 1. The zero-order valence-corrected chi connectivity index (χ0v) is 17.2.